The van der Waals surface area contributed by atoms with Crippen molar-refractivity contribution in [3.8, 4) is 5.75 Å². The van der Waals surface area contributed by atoms with E-state index in [0.29, 0.717) is 23.0 Å². The molecule has 4 heteroatoms. The summed E-state index contributed by atoms with van der Waals surface area (Å²) in [6.07, 6.45) is 0.707. The minimum Gasteiger partial charge on any atom is -0.505 e. The largest absolute Gasteiger partial charge is 0.505 e. The van der Waals surface area contributed by atoms with Crippen LogP contribution in [-0.2, 0) is 0 Å². The molecule has 3 rings (SSSR count). The monoisotopic (exact) mass is 349 g/mol. The van der Waals surface area contributed by atoms with Crippen molar-refractivity contribution in [1.82, 2.24) is 4.98 Å². The molecule has 1 unspecified atom stereocenters. The summed E-state index contributed by atoms with van der Waals surface area (Å²) in [6, 6.07) is 15.3. The molecule has 0 aliphatic carbocycles. The average molecular weight is 349 g/mol. The lowest BCUT2D eigenvalue weighted by molar-refractivity contribution is 0.0695. The maximum absolute atomic E-state index is 11.9. The molecular formula is C22H23NO3. The van der Waals surface area contributed by atoms with E-state index >= 15 is 0 Å². The lowest BCUT2D eigenvalue weighted by Crippen LogP contribution is -2.09. The first-order valence-corrected chi connectivity index (χ1v) is 8.89. The number of para-hydroxylation sites is 1. The van der Waals surface area contributed by atoms with E-state index in [9.17, 15) is 15.0 Å². The fraction of sp³-hybridized carbons (Fsp3) is 0.273. The molecule has 0 spiro atoms. The predicted octanol–water partition coefficient (Wildman–Crippen LogP) is 5.30. The smallest absolute Gasteiger partial charge is 0.340 e. The number of pyridine rings is 1. The first kappa shape index (κ1) is 17.9. The van der Waals surface area contributed by atoms with Crippen molar-refractivity contribution in [2.24, 2.45) is 0 Å². The molecule has 0 bridgehead atoms. The Morgan fingerprint density at radius 2 is 1.77 bits per heavy atom. The fourth-order valence-corrected chi connectivity index (χ4v) is 3.51. The Balaban J connectivity index is 2.37. The van der Waals surface area contributed by atoms with Gasteiger partial charge in [0.1, 0.15) is 5.56 Å². The molecule has 4 nitrogen and oxygen atoms in total. The van der Waals surface area contributed by atoms with Crippen LogP contribution in [0.1, 0.15) is 66.2 Å². The Morgan fingerprint density at radius 3 is 2.35 bits per heavy atom. The number of carboxylic acid groups (broad SMARTS) is 1. The molecule has 3 aromatic rings. The zero-order chi connectivity index (χ0) is 18.8. The van der Waals surface area contributed by atoms with Crippen LogP contribution in [-0.4, -0.2) is 21.2 Å². The molecular weight excluding hydrogens is 326 g/mol. The van der Waals surface area contributed by atoms with E-state index in [2.05, 4.69) is 13.8 Å². The summed E-state index contributed by atoms with van der Waals surface area (Å²) in [5, 5.41) is 21.0. The average Bonchev–Trinajstić information content (AvgIpc) is 2.62. The minimum atomic E-state index is -1.14. The Morgan fingerprint density at radius 1 is 1.08 bits per heavy atom. The van der Waals surface area contributed by atoms with Crippen molar-refractivity contribution in [3.05, 3.63) is 70.9 Å². The lowest BCUT2D eigenvalue weighted by atomic mass is 9.89. The molecule has 134 valence electrons. The molecule has 2 N–H and O–H groups in total. The van der Waals surface area contributed by atoms with E-state index in [0.717, 1.165) is 11.1 Å². The molecule has 1 aromatic heterocycles. The van der Waals surface area contributed by atoms with Crippen LogP contribution < -0.4 is 0 Å². The summed E-state index contributed by atoms with van der Waals surface area (Å²) < 4.78 is 0. The van der Waals surface area contributed by atoms with Gasteiger partial charge in [-0.25, -0.2) is 9.78 Å². The number of carbonyl (C=O) groups is 1. The summed E-state index contributed by atoms with van der Waals surface area (Å²) in [4.78, 5) is 16.7. The summed E-state index contributed by atoms with van der Waals surface area (Å²) in [6.45, 7) is 6.12. The van der Waals surface area contributed by atoms with Gasteiger partial charge in [0.25, 0.3) is 0 Å². The summed E-state index contributed by atoms with van der Waals surface area (Å²) >= 11 is 0. The molecule has 0 radical (unpaired) electrons. The van der Waals surface area contributed by atoms with Crippen LogP contribution in [0, 0.1) is 0 Å². The molecule has 1 atom stereocenters. The van der Waals surface area contributed by atoms with Gasteiger partial charge in [0, 0.05) is 11.3 Å². The fourth-order valence-electron chi connectivity index (χ4n) is 3.51. The van der Waals surface area contributed by atoms with Crippen LogP contribution in [0.5, 0.6) is 5.75 Å². The minimum absolute atomic E-state index is 0.0677. The normalized spacial score (nSPS) is 12.5. The highest BCUT2D eigenvalue weighted by molar-refractivity contribution is 6.06. The molecule has 0 saturated heterocycles. The predicted molar refractivity (Wildman–Crippen MR) is 103 cm³/mol. The zero-order valence-corrected chi connectivity index (χ0v) is 15.2. The van der Waals surface area contributed by atoms with Gasteiger partial charge in [-0.2, -0.15) is 0 Å². The Kier molecular flexibility index (Phi) is 4.94. The van der Waals surface area contributed by atoms with E-state index < -0.39 is 5.97 Å². The first-order valence-electron chi connectivity index (χ1n) is 8.89. The van der Waals surface area contributed by atoms with Crippen molar-refractivity contribution >= 4 is 16.9 Å². The number of nitrogens with zero attached hydrogens (tertiary/aromatic N) is 1. The van der Waals surface area contributed by atoms with Crippen molar-refractivity contribution in [3.63, 3.8) is 0 Å². The Labute approximate surface area is 153 Å². The third-order valence-electron chi connectivity index (χ3n) is 4.82. The van der Waals surface area contributed by atoms with Gasteiger partial charge in [-0.3, -0.25) is 0 Å². The zero-order valence-electron chi connectivity index (χ0n) is 15.2. The molecule has 0 saturated carbocycles. The molecule has 2 aromatic carbocycles. The van der Waals surface area contributed by atoms with Gasteiger partial charge >= 0.3 is 5.97 Å². The maximum atomic E-state index is 11.9. The second-order valence-corrected chi connectivity index (χ2v) is 6.80. The van der Waals surface area contributed by atoms with Crippen LogP contribution in [0.25, 0.3) is 10.9 Å². The molecule has 0 amide bonds. The number of hydrogen-bond acceptors (Lipinski definition) is 3. The number of fused-ring (bicyclic) bond motifs is 1. The number of aromatic hydroxyl groups is 1. The molecule has 26 heavy (non-hydrogen) atoms. The van der Waals surface area contributed by atoms with Crippen molar-refractivity contribution in [2.75, 3.05) is 0 Å². The van der Waals surface area contributed by atoms with E-state index in [1.807, 2.05) is 49.4 Å². The summed E-state index contributed by atoms with van der Waals surface area (Å²) in [7, 11) is 0. The second-order valence-electron chi connectivity index (χ2n) is 6.80. The summed E-state index contributed by atoms with van der Waals surface area (Å²) in [5.74, 6) is -1.34. The molecule has 1 heterocycles. The van der Waals surface area contributed by atoms with Gasteiger partial charge in [0.05, 0.1) is 11.2 Å². The van der Waals surface area contributed by atoms with Crippen LogP contribution in [0.15, 0.2) is 48.5 Å². The van der Waals surface area contributed by atoms with Gasteiger partial charge < -0.3 is 10.2 Å². The maximum Gasteiger partial charge on any atom is 0.340 e. The van der Waals surface area contributed by atoms with Crippen LogP contribution in [0.4, 0.5) is 0 Å². The van der Waals surface area contributed by atoms with Gasteiger partial charge in [0.15, 0.2) is 5.75 Å². The van der Waals surface area contributed by atoms with Gasteiger partial charge in [-0.15, -0.1) is 0 Å². The third-order valence-corrected chi connectivity index (χ3v) is 4.82. The molecule has 0 fully saturated rings. The quantitative estimate of drug-likeness (QED) is 0.655. The first-order chi connectivity index (χ1) is 12.5. The third kappa shape index (κ3) is 3.03. The standard InChI is InChI=1S/C22H23NO3/c1-4-15(14-9-6-5-7-10-14)20-21(24)18(22(25)26)17-12-8-11-16(13(2)3)19(17)23-20/h5-13,15,24H,4H2,1-3H3,(H,25,26). The van der Waals surface area contributed by atoms with Crippen LogP contribution in [0.2, 0.25) is 0 Å². The second kappa shape index (κ2) is 7.16. The number of hydrogen-bond donors (Lipinski definition) is 2. The lowest BCUT2D eigenvalue weighted by Gasteiger charge is -2.20. The van der Waals surface area contributed by atoms with Crippen molar-refractivity contribution in [2.45, 2.75) is 39.0 Å². The van der Waals surface area contributed by atoms with Crippen molar-refractivity contribution in [1.29, 1.82) is 0 Å². The van der Waals surface area contributed by atoms with E-state index in [1.54, 1.807) is 6.07 Å². The van der Waals surface area contributed by atoms with E-state index in [-0.39, 0.29) is 23.1 Å². The van der Waals surface area contributed by atoms with Crippen molar-refractivity contribution < 1.29 is 15.0 Å². The topological polar surface area (TPSA) is 70.4 Å². The van der Waals surface area contributed by atoms with Gasteiger partial charge in [-0.05, 0) is 23.5 Å². The highest BCUT2D eigenvalue weighted by Crippen LogP contribution is 2.39. The SMILES string of the molecule is CCC(c1ccccc1)c1nc2c(C(C)C)cccc2c(C(=O)O)c1O. The number of rotatable bonds is 5. The van der Waals surface area contributed by atoms with E-state index in [4.69, 9.17) is 4.98 Å². The number of aromatic carboxylic acids is 1. The van der Waals surface area contributed by atoms with Gasteiger partial charge in [-0.1, -0.05) is 69.3 Å². The van der Waals surface area contributed by atoms with E-state index in [1.165, 1.54) is 0 Å². The number of carboxylic acids is 1. The van der Waals surface area contributed by atoms with Crippen LogP contribution in [0.3, 0.4) is 0 Å². The Hall–Kier alpha value is -2.88. The van der Waals surface area contributed by atoms with Crippen LogP contribution >= 0.6 is 0 Å². The highest BCUT2D eigenvalue weighted by atomic mass is 16.4. The number of benzene rings is 2. The Bertz CT molecular complexity index is 949. The molecule has 0 aliphatic heterocycles. The summed E-state index contributed by atoms with van der Waals surface area (Å²) in [5.41, 5.74) is 3.00. The van der Waals surface area contributed by atoms with Gasteiger partial charge in [0.2, 0.25) is 0 Å². The highest BCUT2D eigenvalue weighted by Gasteiger charge is 2.26. The molecule has 0 aliphatic rings. The number of aromatic nitrogens is 1.